The predicted octanol–water partition coefficient (Wildman–Crippen LogP) is 0.535. The molecule has 0 fully saturated rings. The average Bonchev–Trinajstić information content (AvgIpc) is 2.25. The molecule has 0 saturated carbocycles. The molecule has 0 spiro atoms. The Morgan fingerprint density at radius 1 is 1.50 bits per heavy atom. The molecular formula is C11H14N2O. The van der Waals surface area contributed by atoms with Gasteiger partial charge >= 0.3 is 0 Å². The third kappa shape index (κ3) is 3.56. The molecule has 0 unspecified atom stereocenters. The van der Waals surface area contributed by atoms with Crippen LogP contribution in [0, 0.1) is 11.8 Å². The van der Waals surface area contributed by atoms with E-state index in [1.165, 1.54) is 0 Å². The van der Waals surface area contributed by atoms with Gasteiger partial charge in [0, 0.05) is 30.9 Å². The lowest BCUT2D eigenvalue weighted by atomic mass is 10.2. The number of hydrogen-bond donors (Lipinski definition) is 2. The van der Waals surface area contributed by atoms with E-state index in [0.29, 0.717) is 0 Å². The van der Waals surface area contributed by atoms with Gasteiger partial charge in [0.2, 0.25) is 0 Å². The van der Waals surface area contributed by atoms with Crippen molar-refractivity contribution in [3.63, 3.8) is 0 Å². The maximum absolute atomic E-state index is 8.87. The Labute approximate surface area is 84.2 Å². The Balaban J connectivity index is 2.60. The summed E-state index contributed by atoms with van der Waals surface area (Å²) >= 11 is 0. The van der Waals surface area contributed by atoms with Gasteiger partial charge in [0.05, 0.1) is 6.61 Å². The van der Waals surface area contributed by atoms with Gasteiger partial charge in [-0.25, -0.2) is 0 Å². The molecule has 0 atom stereocenters. The van der Waals surface area contributed by atoms with Crippen molar-refractivity contribution >= 4 is 0 Å². The van der Waals surface area contributed by atoms with Crippen molar-refractivity contribution in [3.8, 4) is 11.8 Å². The fourth-order valence-electron chi connectivity index (χ4n) is 0.994. The third-order valence-corrected chi connectivity index (χ3v) is 1.71. The standard InChI is InChI=1S/C11H14N2O/c1-12-5-3-2-4-10-6-11(9-14)8-13-7-10/h6-8,12,14H,3,5,9H2,1H3. The van der Waals surface area contributed by atoms with Gasteiger partial charge in [-0.05, 0) is 18.7 Å². The molecule has 0 radical (unpaired) electrons. The number of hydrogen-bond acceptors (Lipinski definition) is 3. The molecule has 0 aromatic carbocycles. The molecule has 0 saturated heterocycles. The molecule has 0 aliphatic carbocycles. The topological polar surface area (TPSA) is 45.2 Å². The van der Waals surface area contributed by atoms with E-state index < -0.39 is 0 Å². The molecule has 1 aromatic rings. The van der Waals surface area contributed by atoms with E-state index in [-0.39, 0.29) is 6.61 Å². The van der Waals surface area contributed by atoms with E-state index >= 15 is 0 Å². The summed E-state index contributed by atoms with van der Waals surface area (Å²) in [6.07, 6.45) is 4.16. The number of nitrogens with one attached hydrogen (secondary N) is 1. The van der Waals surface area contributed by atoms with Crippen LogP contribution < -0.4 is 5.32 Å². The number of aliphatic hydroxyl groups is 1. The van der Waals surface area contributed by atoms with E-state index in [4.69, 9.17) is 5.11 Å². The summed E-state index contributed by atoms with van der Waals surface area (Å²) in [5.74, 6) is 6.01. The van der Waals surface area contributed by atoms with Gasteiger partial charge < -0.3 is 10.4 Å². The minimum absolute atomic E-state index is 0.0129. The van der Waals surface area contributed by atoms with E-state index in [2.05, 4.69) is 22.1 Å². The zero-order valence-corrected chi connectivity index (χ0v) is 8.25. The molecule has 0 bridgehead atoms. The summed E-state index contributed by atoms with van der Waals surface area (Å²) in [4.78, 5) is 3.98. The molecule has 2 N–H and O–H groups in total. The highest BCUT2D eigenvalue weighted by Gasteiger charge is 1.91. The Kier molecular flexibility index (Phi) is 4.70. The lowest BCUT2D eigenvalue weighted by molar-refractivity contribution is 0.281. The van der Waals surface area contributed by atoms with E-state index in [1.54, 1.807) is 12.4 Å². The Bertz CT molecular complexity index is 339. The van der Waals surface area contributed by atoms with Crippen LogP contribution in [0.2, 0.25) is 0 Å². The second kappa shape index (κ2) is 6.14. The maximum atomic E-state index is 8.87. The molecule has 0 aliphatic rings. The van der Waals surface area contributed by atoms with Gasteiger partial charge in [0.1, 0.15) is 0 Å². The Hall–Kier alpha value is -1.37. The number of nitrogens with zero attached hydrogens (tertiary/aromatic N) is 1. The van der Waals surface area contributed by atoms with Crippen molar-refractivity contribution in [1.82, 2.24) is 10.3 Å². The van der Waals surface area contributed by atoms with Crippen molar-refractivity contribution in [2.24, 2.45) is 0 Å². The van der Waals surface area contributed by atoms with E-state index in [1.807, 2.05) is 13.1 Å². The predicted molar refractivity (Wildman–Crippen MR) is 55.6 cm³/mol. The van der Waals surface area contributed by atoms with Crippen LogP contribution in [0.3, 0.4) is 0 Å². The number of pyridine rings is 1. The first kappa shape index (κ1) is 10.7. The molecule has 3 heteroatoms. The smallest absolute Gasteiger partial charge is 0.0697 e. The van der Waals surface area contributed by atoms with Crippen LogP contribution in [-0.4, -0.2) is 23.7 Å². The van der Waals surface area contributed by atoms with Gasteiger partial charge in [0.25, 0.3) is 0 Å². The quantitative estimate of drug-likeness (QED) is 0.540. The fraction of sp³-hybridized carbons (Fsp3) is 0.364. The molecule has 1 aromatic heterocycles. The highest BCUT2D eigenvalue weighted by atomic mass is 16.3. The number of rotatable bonds is 3. The van der Waals surface area contributed by atoms with E-state index in [9.17, 15) is 0 Å². The van der Waals surface area contributed by atoms with Gasteiger partial charge in [0.15, 0.2) is 0 Å². The minimum Gasteiger partial charge on any atom is -0.392 e. The average molecular weight is 190 g/mol. The Morgan fingerprint density at radius 2 is 2.36 bits per heavy atom. The van der Waals surface area contributed by atoms with Crippen LogP contribution >= 0.6 is 0 Å². The monoisotopic (exact) mass is 190 g/mol. The summed E-state index contributed by atoms with van der Waals surface area (Å²) in [5.41, 5.74) is 1.65. The van der Waals surface area contributed by atoms with Crippen LogP contribution in [-0.2, 0) is 6.61 Å². The first-order chi connectivity index (χ1) is 6.86. The third-order valence-electron chi connectivity index (χ3n) is 1.71. The Morgan fingerprint density at radius 3 is 3.07 bits per heavy atom. The molecule has 74 valence electrons. The lowest BCUT2D eigenvalue weighted by Crippen LogP contribution is -2.05. The highest BCUT2D eigenvalue weighted by Crippen LogP contribution is 2.00. The molecule has 0 aliphatic heterocycles. The zero-order chi connectivity index (χ0) is 10.2. The molecule has 3 nitrogen and oxygen atoms in total. The normalized spacial score (nSPS) is 9.29. The van der Waals surface area contributed by atoms with Gasteiger partial charge in [-0.15, -0.1) is 0 Å². The van der Waals surface area contributed by atoms with Gasteiger partial charge in [-0.2, -0.15) is 0 Å². The molecular weight excluding hydrogens is 176 g/mol. The molecule has 1 heterocycles. The van der Waals surface area contributed by atoms with Gasteiger partial charge in [-0.1, -0.05) is 11.8 Å². The highest BCUT2D eigenvalue weighted by molar-refractivity contribution is 5.33. The number of aliphatic hydroxyl groups excluding tert-OH is 1. The van der Waals surface area contributed by atoms with Crippen LogP contribution in [0.25, 0.3) is 0 Å². The maximum Gasteiger partial charge on any atom is 0.0697 e. The second-order valence-corrected chi connectivity index (χ2v) is 2.90. The van der Waals surface area contributed by atoms with Crippen LogP contribution in [0.5, 0.6) is 0 Å². The van der Waals surface area contributed by atoms with Crippen LogP contribution in [0.15, 0.2) is 18.5 Å². The molecule has 1 rings (SSSR count). The first-order valence-electron chi connectivity index (χ1n) is 4.55. The SMILES string of the molecule is CNCCC#Cc1cncc(CO)c1. The van der Waals surface area contributed by atoms with Gasteiger partial charge in [-0.3, -0.25) is 4.98 Å². The first-order valence-corrected chi connectivity index (χ1v) is 4.55. The number of aromatic nitrogens is 1. The summed E-state index contributed by atoms with van der Waals surface area (Å²) < 4.78 is 0. The van der Waals surface area contributed by atoms with E-state index in [0.717, 1.165) is 24.1 Å². The van der Waals surface area contributed by atoms with Crippen molar-refractivity contribution in [3.05, 3.63) is 29.6 Å². The van der Waals surface area contributed by atoms with Crippen molar-refractivity contribution in [2.75, 3.05) is 13.6 Å². The zero-order valence-electron chi connectivity index (χ0n) is 8.25. The lowest BCUT2D eigenvalue weighted by Gasteiger charge is -1.94. The van der Waals surface area contributed by atoms with Crippen molar-refractivity contribution < 1.29 is 5.11 Å². The second-order valence-electron chi connectivity index (χ2n) is 2.90. The van der Waals surface area contributed by atoms with Crippen LogP contribution in [0.1, 0.15) is 17.5 Å². The fourth-order valence-corrected chi connectivity index (χ4v) is 0.994. The summed E-state index contributed by atoms with van der Waals surface area (Å²) in [6, 6.07) is 1.85. The summed E-state index contributed by atoms with van der Waals surface area (Å²) in [5, 5.41) is 11.9. The molecule has 0 amide bonds. The van der Waals surface area contributed by atoms with Crippen molar-refractivity contribution in [2.45, 2.75) is 13.0 Å². The summed E-state index contributed by atoms with van der Waals surface area (Å²) in [6.45, 7) is 0.902. The van der Waals surface area contributed by atoms with Crippen molar-refractivity contribution in [1.29, 1.82) is 0 Å². The summed E-state index contributed by atoms with van der Waals surface area (Å²) in [7, 11) is 1.90. The minimum atomic E-state index is 0.0129. The van der Waals surface area contributed by atoms with Crippen LogP contribution in [0.4, 0.5) is 0 Å². The molecule has 14 heavy (non-hydrogen) atoms. The largest absolute Gasteiger partial charge is 0.392 e.